The molecule has 124 valence electrons. The maximum Gasteiger partial charge on any atom is 0.256 e. The topological polar surface area (TPSA) is 53.9 Å². The maximum atomic E-state index is 13.4. The third-order valence-corrected chi connectivity index (χ3v) is 5.17. The van der Waals surface area contributed by atoms with Crippen molar-refractivity contribution in [2.24, 2.45) is 7.05 Å². The minimum Gasteiger partial charge on any atom is -0.347 e. The fourth-order valence-electron chi connectivity index (χ4n) is 3.83. The minimum absolute atomic E-state index is 0.0459. The Balaban J connectivity index is 1.77. The Hall–Kier alpha value is -2.56. The number of aryl methyl sites for hydroxylation is 2. The number of rotatable bonds is 2. The molecule has 1 fully saturated rings. The van der Waals surface area contributed by atoms with Crippen molar-refractivity contribution >= 4 is 16.8 Å². The Labute approximate surface area is 141 Å². The molecule has 1 saturated heterocycles. The quantitative estimate of drug-likeness (QED) is 0.785. The molecule has 1 aliphatic rings. The number of nitrogens with zero attached hydrogens (tertiary/aromatic N) is 3. The fourth-order valence-corrected chi connectivity index (χ4v) is 3.83. The molecule has 0 bridgehead atoms. The fraction of sp³-hybridized carbons (Fsp3) is 0.368. The van der Waals surface area contributed by atoms with Crippen LogP contribution in [-0.4, -0.2) is 31.9 Å². The molecule has 5 nitrogen and oxygen atoms in total. The maximum absolute atomic E-state index is 13.4. The summed E-state index contributed by atoms with van der Waals surface area (Å²) in [6.45, 7) is 4.80. The molecule has 0 spiro atoms. The van der Waals surface area contributed by atoms with E-state index < -0.39 is 0 Å². The van der Waals surface area contributed by atoms with E-state index >= 15 is 0 Å². The summed E-state index contributed by atoms with van der Waals surface area (Å²) >= 11 is 0. The van der Waals surface area contributed by atoms with E-state index in [1.807, 2.05) is 50.2 Å². The van der Waals surface area contributed by atoms with Crippen molar-refractivity contribution in [3.8, 4) is 0 Å². The Morgan fingerprint density at radius 1 is 1.29 bits per heavy atom. The van der Waals surface area contributed by atoms with E-state index in [1.165, 1.54) is 0 Å². The number of carbonyl (C=O) groups is 1. The standard InChI is InChI=1S/C19H22N4O/c1-12-11-20-18(21-12)16-9-6-10-23(16)19(24)17-13(2)22(3)15-8-5-4-7-14(15)17/h4-5,7-8,11,16H,6,9-10H2,1-3H3,(H,20,21)/t16-/m1/s1. The summed E-state index contributed by atoms with van der Waals surface area (Å²) in [5, 5.41) is 1.03. The van der Waals surface area contributed by atoms with Gasteiger partial charge in [-0.2, -0.15) is 0 Å². The number of fused-ring (bicyclic) bond motifs is 1. The first-order chi connectivity index (χ1) is 11.6. The number of nitrogens with one attached hydrogen (secondary N) is 1. The predicted molar refractivity (Wildman–Crippen MR) is 94.0 cm³/mol. The van der Waals surface area contributed by atoms with Gasteiger partial charge >= 0.3 is 0 Å². The number of imidazole rings is 1. The van der Waals surface area contributed by atoms with Crippen LogP contribution in [0, 0.1) is 13.8 Å². The van der Waals surface area contributed by atoms with Gasteiger partial charge in [-0.25, -0.2) is 4.98 Å². The van der Waals surface area contributed by atoms with Crippen molar-refractivity contribution in [2.45, 2.75) is 32.7 Å². The number of para-hydroxylation sites is 1. The molecule has 0 aliphatic carbocycles. The second kappa shape index (κ2) is 5.51. The van der Waals surface area contributed by atoms with Crippen LogP contribution in [0.15, 0.2) is 30.5 Å². The number of likely N-dealkylation sites (tertiary alicyclic amines) is 1. The van der Waals surface area contributed by atoms with Crippen LogP contribution in [-0.2, 0) is 7.05 Å². The first kappa shape index (κ1) is 15.0. The summed E-state index contributed by atoms with van der Waals surface area (Å²) in [6.07, 6.45) is 3.81. The highest BCUT2D eigenvalue weighted by Crippen LogP contribution is 2.34. The van der Waals surface area contributed by atoms with Crippen molar-refractivity contribution < 1.29 is 4.79 Å². The normalized spacial score (nSPS) is 17.8. The zero-order valence-corrected chi connectivity index (χ0v) is 14.3. The van der Waals surface area contributed by atoms with Crippen LogP contribution in [0.1, 0.15) is 46.5 Å². The van der Waals surface area contributed by atoms with Gasteiger partial charge in [-0.3, -0.25) is 4.79 Å². The Kier molecular flexibility index (Phi) is 3.44. The number of H-pyrrole nitrogens is 1. The molecule has 3 aromatic rings. The predicted octanol–water partition coefficient (Wildman–Crippen LogP) is 3.50. The van der Waals surface area contributed by atoms with Crippen molar-refractivity contribution in [1.82, 2.24) is 19.4 Å². The number of hydrogen-bond donors (Lipinski definition) is 1. The molecule has 1 atom stereocenters. The molecule has 24 heavy (non-hydrogen) atoms. The number of hydrogen-bond acceptors (Lipinski definition) is 2. The zero-order valence-electron chi connectivity index (χ0n) is 14.3. The van der Waals surface area contributed by atoms with Gasteiger partial charge in [0.1, 0.15) is 5.82 Å². The van der Waals surface area contributed by atoms with Crippen molar-refractivity contribution in [2.75, 3.05) is 6.54 Å². The van der Waals surface area contributed by atoms with E-state index in [1.54, 1.807) is 0 Å². The van der Waals surface area contributed by atoms with Gasteiger partial charge in [0.15, 0.2) is 0 Å². The van der Waals surface area contributed by atoms with E-state index in [0.717, 1.165) is 53.1 Å². The number of aromatic nitrogens is 3. The number of amides is 1. The SMILES string of the molecule is Cc1cnc([C@H]2CCCN2C(=O)c2c(C)n(C)c3ccccc23)[nH]1. The summed E-state index contributed by atoms with van der Waals surface area (Å²) in [7, 11) is 2.02. The van der Waals surface area contributed by atoms with Crippen LogP contribution in [0.4, 0.5) is 0 Å². The van der Waals surface area contributed by atoms with Gasteiger partial charge < -0.3 is 14.5 Å². The van der Waals surface area contributed by atoms with Crippen molar-refractivity contribution in [1.29, 1.82) is 0 Å². The minimum atomic E-state index is 0.0459. The smallest absolute Gasteiger partial charge is 0.256 e. The third-order valence-electron chi connectivity index (χ3n) is 5.17. The monoisotopic (exact) mass is 322 g/mol. The molecule has 1 amide bonds. The van der Waals surface area contributed by atoms with Gasteiger partial charge in [-0.15, -0.1) is 0 Å². The third kappa shape index (κ3) is 2.15. The molecular formula is C19H22N4O. The lowest BCUT2D eigenvalue weighted by Crippen LogP contribution is -2.31. The van der Waals surface area contributed by atoms with E-state index in [0.29, 0.717) is 0 Å². The Morgan fingerprint density at radius 3 is 2.83 bits per heavy atom. The molecule has 2 aromatic heterocycles. The highest BCUT2D eigenvalue weighted by molar-refractivity contribution is 6.08. The molecule has 1 N–H and O–H groups in total. The van der Waals surface area contributed by atoms with Crippen LogP contribution < -0.4 is 0 Å². The lowest BCUT2D eigenvalue weighted by atomic mass is 10.1. The van der Waals surface area contributed by atoms with Crippen molar-refractivity contribution in [3.05, 3.63) is 53.2 Å². The largest absolute Gasteiger partial charge is 0.347 e. The van der Waals surface area contributed by atoms with E-state index in [9.17, 15) is 4.79 Å². The Bertz CT molecular complexity index is 921. The second-order valence-corrected chi connectivity index (χ2v) is 6.64. The Morgan fingerprint density at radius 2 is 2.08 bits per heavy atom. The zero-order chi connectivity index (χ0) is 16.8. The van der Waals surface area contributed by atoms with E-state index in [-0.39, 0.29) is 11.9 Å². The molecule has 1 aliphatic heterocycles. The van der Waals surface area contributed by atoms with Crippen LogP contribution >= 0.6 is 0 Å². The highest BCUT2D eigenvalue weighted by Gasteiger charge is 2.34. The summed E-state index contributed by atoms with van der Waals surface area (Å²) in [4.78, 5) is 23.1. The molecule has 3 heterocycles. The van der Waals surface area contributed by atoms with Crippen LogP contribution in [0.3, 0.4) is 0 Å². The molecule has 0 unspecified atom stereocenters. The lowest BCUT2D eigenvalue weighted by molar-refractivity contribution is 0.0731. The molecule has 4 rings (SSSR count). The first-order valence-electron chi connectivity index (χ1n) is 8.44. The number of aromatic amines is 1. The number of carbonyl (C=O) groups excluding carboxylic acids is 1. The summed E-state index contributed by atoms with van der Waals surface area (Å²) in [5.41, 5.74) is 3.97. The van der Waals surface area contributed by atoms with Crippen LogP contribution in [0.2, 0.25) is 0 Å². The molecule has 1 aromatic carbocycles. The summed E-state index contributed by atoms with van der Waals surface area (Å²) in [6, 6.07) is 8.16. The van der Waals surface area contributed by atoms with E-state index in [2.05, 4.69) is 20.6 Å². The molecule has 0 saturated carbocycles. The molecule has 0 radical (unpaired) electrons. The summed E-state index contributed by atoms with van der Waals surface area (Å²) in [5.74, 6) is 1.01. The van der Waals surface area contributed by atoms with Gasteiger partial charge in [-0.05, 0) is 32.8 Å². The summed E-state index contributed by atoms with van der Waals surface area (Å²) < 4.78 is 2.10. The van der Waals surface area contributed by atoms with E-state index in [4.69, 9.17) is 0 Å². The van der Waals surface area contributed by atoms with Crippen molar-refractivity contribution in [3.63, 3.8) is 0 Å². The molecule has 5 heteroatoms. The van der Waals surface area contributed by atoms with Gasteiger partial charge in [0.05, 0.1) is 11.6 Å². The number of benzene rings is 1. The average Bonchev–Trinajstić information content (AvgIpc) is 3.27. The van der Waals surface area contributed by atoms with Gasteiger partial charge in [0, 0.05) is 42.1 Å². The van der Waals surface area contributed by atoms with Crippen LogP contribution in [0.5, 0.6) is 0 Å². The second-order valence-electron chi connectivity index (χ2n) is 6.64. The first-order valence-corrected chi connectivity index (χ1v) is 8.44. The van der Waals surface area contributed by atoms with Gasteiger partial charge in [0.2, 0.25) is 0 Å². The van der Waals surface area contributed by atoms with Gasteiger partial charge in [-0.1, -0.05) is 18.2 Å². The molecular weight excluding hydrogens is 300 g/mol. The van der Waals surface area contributed by atoms with Crippen LogP contribution in [0.25, 0.3) is 10.9 Å². The lowest BCUT2D eigenvalue weighted by Gasteiger charge is -2.23. The highest BCUT2D eigenvalue weighted by atomic mass is 16.2. The van der Waals surface area contributed by atoms with Gasteiger partial charge in [0.25, 0.3) is 5.91 Å². The average molecular weight is 322 g/mol.